The molecule has 0 aromatic carbocycles. The second kappa shape index (κ2) is 10.1. The maximum absolute atomic E-state index is 12.7. The second-order valence-electron chi connectivity index (χ2n) is 6.93. The predicted octanol–water partition coefficient (Wildman–Crippen LogP) is 2.54. The Morgan fingerprint density at radius 2 is 2.13 bits per heavy atom. The van der Waals surface area contributed by atoms with E-state index in [4.69, 9.17) is 9.47 Å². The summed E-state index contributed by atoms with van der Waals surface area (Å²) in [5.74, 6) is -0.255. The smallest absolute Gasteiger partial charge is 0.350 e. The fraction of sp³-hybridized carbons (Fsp3) is 0.579. The minimum atomic E-state index is -0.344. The van der Waals surface area contributed by atoms with E-state index in [1.807, 2.05) is 13.8 Å². The number of carbonyl (C=O) groups is 2. The molecule has 11 heteroatoms. The van der Waals surface area contributed by atoms with Crippen LogP contribution in [-0.4, -0.2) is 65.8 Å². The summed E-state index contributed by atoms with van der Waals surface area (Å²) in [4.78, 5) is 39.3. The number of hydrogen-bond donors (Lipinski definition) is 2. The van der Waals surface area contributed by atoms with Gasteiger partial charge in [-0.15, -0.1) is 0 Å². The van der Waals surface area contributed by atoms with Crippen LogP contribution in [-0.2, 0) is 15.9 Å². The number of carbonyl (C=O) groups excluding carboxylic acids is 2. The van der Waals surface area contributed by atoms with E-state index >= 15 is 0 Å². The molecule has 2 N–H and O–H groups in total. The van der Waals surface area contributed by atoms with Gasteiger partial charge in [-0.3, -0.25) is 4.79 Å². The van der Waals surface area contributed by atoms with Crippen molar-refractivity contribution in [2.75, 3.05) is 31.7 Å². The molecule has 1 saturated heterocycles. The molecule has 0 saturated carbocycles. The maximum Gasteiger partial charge on any atom is 0.350 e. The summed E-state index contributed by atoms with van der Waals surface area (Å²) in [5, 5.41) is 3.81. The average molecular weight is 547 g/mol. The first-order valence-electron chi connectivity index (χ1n) is 9.85. The predicted molar refractivity (Wildman–Crippen MR) is 122 cm³/mol. The third-order valence-corrected chi connectivity index (χ3v) is 7.08. The number of rotatable bonds is 7. The molecule has 2 aromatic heterocycles. The van der Waals surface area contributed by atoms with Gasteiger partial charge in [0.25, 0.3) is 5.91 Å². The average Bonchev–Trinajstić information content (AvgIpc) is 3.31. The Balaban J connectivity index is 1.67. The van der Waals surface area contributed by atoms with Crippen LogP contribution in [0.15, 0.2) is 0 Å². The third kappa shape index (κ3) is 4.94. The number of piperidine rings is 1. The van der Waals surface area contributed by atoms with Gasteiger partial charge in [0.05, 0.1) is 24.4 Å². The van der Waals surface area contributed by atoms with Crippen LogP contribution >= 0.6 is 33.9 Å². The Bertz CT molecular complexity index is 915. The molecule has 9 nitrogen and oxygen atoms in total. The van der Waals surface area contributed by atoms with E-state index in [1.54, 1.807) is 14.0 Å². The SMILES string of the molecule is CCOC(=O)c1sc(N2CC[C@H](NC(=O)c3nc(I)c(CC)[nH]3)[C@H](OC)C2)nc1C. The maximum atomic E-state index is 12.7. The van der Waals surface area contributed by atoms with Crippen molar-refractivity contribution in [3.8, 4) is 0 Å². The number of esters is 1. The fourth-order valence-electron chi connectivity index (χ4n) is 3.36. The van der Waals surface area contributed by atoms with Crippen molar-refractivity contribution < 1.29 is 19.1 Å². The lowest BCUT2D eigenvalue weighted by Crippen LogP contribution is -2.55. The van der Waals surface area contributed by atoms with Gasteiger partial charge in [0.2, 0.25) is 0 Å². The Morgan fingerprint density at radius 1 is 1.37 bits per heavy atom. The van der Waals surface area contributed by atoms with E-state index in [0.717, 1.165) is 20.9 Å². The second-order valence-corrected chi connectivity index (χ2v) is 8.93. The lowest BCUT2D eigenvalue weighted by atomic mass is 10.0. The lowest BCUT2D eigenvalue weighted by molar-refractivity contribution is 0.0530. The van der Waals surface area contributed by atoms with E-state index in [9.17, 15) is 9.59 Å². The monoisotopic (exact) mass is 547 g/mol. The highest BCUT2D eigenvalue weighted by Crippen LogP contribution is 2.29. The molecule has 0 aliphatic carbocycles. The summed E-state index contributed by atoms with van der Waals surface area (Å²) in [6, 6.07) is -0.142. The van der Waals surface area contributed by atoms with Gasteiger partial charge in [-0.1, -0.05) is 18.3 Å². The van der Waals surface area contributed by atoms with Crippen LogP contribution in [0.4, 0.5) is 5.13 Å². The zero-order chi connectivity index (χ0) is 21.8. The minimum absolute atomic E-state index is 0.142. The van der Waals surface area contributed by atoms with Crippen molar-refractivity contribution in [2.45, 2.75) is 45.8 Å². The number of nitrogens with one attached hydrogen (secondary N) is 2. The molecule has 164 valence electrons. The number of nitrogens with zero attached hydrogens (tertiary/aromatic N) is 3. The minimum Gasteiger partial charge on any atom is -0.462 e. The van der Waals surface area contributed by atoms with Crippen molar-refractivity contribution in [2.24, 2.45) is 0 Å². The van der Waals surface area contributed by atoms with Crippen LogP contribution in [0.5, 0.6) is 0 Å². The van der Waals surface area contributed by atoms with Crippen molar-refractivity contribution >= 4 is 50.9 Å². The number of aromatic amines is 1. The first-order chi connectivity index (χ1) is 14.4. The van der Waals surface area contributed by atoms with Crippen LogP contribution in [0.25, 0.3) is 0 Å². The number of halogens is 1. The Morgan fingerprint density at radius 3 is 2.77 bits per heavy atom. The number of hydrogen-bond acceptors (Lipinski definition) is 8. The number of aryl methyl sites for hydroxylation is 2. The molecule has 0 spiro atoms. The molecule has 0 unspecified atom stereocenters. The summed E-state index contributed by atoms with van der Waals surface area (Å²) in [6.07, 6.45) is 1.27. The highest BCUT2D eigenvalue weighted by Gasteiger charge is 2.33. The third-order valence-electron chi connectivity index (χ3n) is 4.99. The Hall–Kier alpha value is -1.73. The van der Waals surface area contributed by atoms with Crippen molar-refractivity contribution in [3.05, 3.63) is 25.8 Å². The molecular formula is C19H26IN5O4S. The Labute approximate surface area is 193 Å². The van der Waals surface area contributed by atoms with Crippen LogP contribution < -0.4 is 10.2 Å². The first-order valence-corrected chi connectivity index (χ1v) is 11.7. The van der Waals surface area contributed by atoms with Gasteiger partial charge in [-0.25, -0.2) is 14.8 Å². The van der Waals surface area contributed by atoms with Crippen molar-refractivity contribution in [3.63, 3.8) is 0 Å². The topological polar surface area (TPSA) is 109 Å². The quantitative estimate of drug-likeness (QED) is 0.405. The largest absolute Gasteiger partial charge is 0.462 e. The fourth-order valence-corrected chi connectivity index (χ4v) is 5.12. The summed E-state index contributed by atoms with van der Waals surface area (Å²) in [5.41, 5.74) is 1.62. The van der Waals surface area contributed by atoms with Gasteiger partial charge in [0.1, 0.15) is 8.58 Å². The zero-order valence-corrected chi connectivity index (χ0v) is 20.4. The number of ether oxygens (including phenoxy) is 2. The summed E-state index contributed by atoms with van der Waals surface area (Å²) in [6.45, 7) is 7.19. The molecule has 0 bridgehead atoms. The molecule has 1 fully saturated rings. The Kier molecular flexibility index (Phi) is 7.69. The van der Waals surface area contributed by atoms with E-state index < -0.39 is 0 Å². The number of aromatic nitrogens is 3. The van der Waals surface area contributed by atoms with E-state index in [-0.39, 0.29) is 24.0 Å². The molecule has 1 aliphatic heterocycles. The molecule has 3 heterocycles. The van der Waals surface area contributed by atoms with E-state index in [0.29, 0.717) is 42.5 Å². The number of H-pyrrole nitrogens is 1. The van der Waals surface area contributed by atoms with Crippen molar-refractivity contribution in [1.29, 1.82) is 0 Å². The van der Waals surface area contributed by atoms with Gasteiger partial charge in [-0.05, 0) is 49.3 Å². The van der Waals surface area contributed by atoms with Crippen LogP contribution in [0.2, 0.25) is 0 Å². The van der Waals surface area contributed by atoms with Crippen LogP contribution in [0.1, 0.15) is 51.9 Å². The number of amides is 1. The number of methoxy groups -OCH3 is 1. The molecular weight excluding hydrogens is 521 g/mol. The van der Waals surface area contributed by atoms with Crippen molar-refractivity contribution in [1.82, 2.24) is 20.3 Å². The van der Waals surface area contributed by atoms with E-state index in [2.05, 4.69) is 47.8 Å². The van der Waals surface area contributed by atoms with Gasteiger partial charge in [0, 0.05) is 25.9 Å². The van der Waals surface area contributed by atoms with Crippen LogP contribution in [0, 0.1) is 10.6 Å². The summed E-state index contributed by atoms with van der Waals surface area (Å²) < 4.78 is 11.6. The van der Waals surface area contributed by atoms with Crippen LogP contribution in [0.3, 0.4) is 0 Å². The van der Waals surface area contributed by atoms with Gasteiger partial charge < -0.3 is 24.7 Å². The molecule has 30 heavy (non-hydrogen) atoms. The zero-order valence-electron chi connectivity index (χ0n) is 17.5. The number of imidazole rings is 1. The first kappa shape index (κ1) is 22.9. The normalized spacial score (nSPS) is 19.0. The van der Waals surface area contributed by atoms with Gasteiger partial charge in [-0.2, -0.15) is 0 Å². The molecule has 1 amide bonds. The molecule has 0 radical (unpaired) electrons. The molecule has 3 rings (SSSR count). The standard InChI is InChI=1S/C19H26IN5O4S/c1-5-11-15(20)24-16(22-11)17(26)23-12-7-8-25(9-13(12)28-4)19-21-10(3)14(30-19)18(27)29-6-2/h12-13H,5-9H2,1-4H3,(H,22,24)(H,23,26)/t12-,13+/m0/s1. The van der Waals surface area contributed by atoms with Gasteiger partial charge in [0.15, 0.2) is 11.0 Å². The highest BCUT2D eigenvalue weighted by molar-refractivity contribution is 14.1. The number of anilines is 1. The molecule has 1 aliphatic rings. The molecule has 2 aromatic rings. The summed E-state index contributed by atoms with van der Waals surface area (Å²) >= 11 is 3.45. The summed E-state index contributed by atoms with van der Waals surface area (Å²) in [7, 11) is 1.63. The van der Waals surface area contributed by atoms with Gasteiger partial charge >= 0.3 is 5.97 Å². The number of thiazole rings is 1. The molecule has 2 atom stereocenters. The van der Waals surface area contributed by atoms with E-state index in [1.165, 1.54) is 11.3 Å². The lowest BCUT2D eigenvalue weighted by Gasteiger charge is -2.37. The highest BCUT2D eigenvalue weighted by atomic mass is 127.